The van der Waals surface area contributed by atoms with Crippen molar-refractivity contribution in [3.8, 4) is 0 Å². The number of amides is 2. The second-order valence-electron chi connectivity index (χ2n) is 8.32. The Morgan fingerprint density at radius 2 is 1.50 bits per heavy atom. The van der Waals surface area contributed by atoms with Gasteiger partial charge in [-0.15, -0.1) is 0 Å². The first-order chi connectivity index (χ1) is 18.5. The summed E-state index contributed by atoms with van der Waals surface area (Å²) in [5.41, 5.74) is 4.25. The molecule has 0 bridgehead atoms. The molecule has 0 saturated carbocycles. The molecule has 0 aliphatic carbocycles. The fourth-order valence-electron chi connectivity index (χ4n) is 3.81. The molecule has 0 unspecified atom stereocenters. The number of carbonyl (C=O) groups is 3. The number of H-pyrrole nitrogens is 1. The van der Waals surface area contributed by atoms with Gasteiger partial charge in [0, 0.05) is 40.2 Å². The molecule has 0 atom stereocenters. The van der Waals surface area contributed by atoms with Gasteiger partial charge in [-0.2, -0.15) is 5.10 Å². The van der Waals surface area contributed by atoms with Crippen LogP contribution in [0.5, 0.6) is 0 Å². The maximum absolute atomic E-state index is 12.7. The van der Waals surface area contributed by atoms with Crippen molar-refractivity contribution in [2.75, 3.05) is 10.6 Å². The van der Waals surface area contributed by atoms with E-state index in [0.29, 0.717) is 33.8 Å². The van der Waals surface area contributed by atoms with Crippen LogP contribution in [0.3, 0.4) is 0 Å². The molecule has 0 radical (unpaired) electrons. The van der Waals surface area contributed by atoms with Gasteiger partial charge in [0.15, 0.2) is 0 Å². The lowest BCUT2D eigenvalue weighted by atomic mass is 10.1. The third-order valence-corrected chi connectivity index (χ3v) is 5.80. The summed E-state index contributed by atoms with van der Waals surface area (Å²) in [6.07, 6.45) is 6.85. The number of benzene rings is 3. The Bertz CT molecular complexity index is 1670. The number of pyridine rings is 1. The second-order valence-corrected chi connectivity index (χ2v) is 8.32. The van der Waals surface area contributed by atoms with Crippen molar-refractivity contribution >= 4 is 52.2 Å². The van der Waals surface area contributed by atoms with Crippen molar-refractivity contribution in [2.24, 2.45) is 0 Å². The number of rotatable bonds is 7. The van der Waals surface area contributed by atoms with Crippen LogP contribution in [0.1, 0.15) is 42.3 Å². The molecule has 5 aromatic rings. The SMILES string of the molecule is O=C(O)c1ccc(C(=O)Nc2ccc3[nH]nc(/C=C/c4cnccc4NC(=O)c4ccccc4)c3c2)cc1. The Morgan fingerprint density at radius 1 is 0.789 bits per heavy atom. The van der Waals surface area contributed by atoms with Crippen LogP contribution in [0, 0.1) is 0 Å². The van der Waals surface area contributed by atoms with Crippen molar-refractivity contribution in [3.05, 3.63) is 119 Å². The Balaban J connectivity index is 1.35. The summed E-state index contributed by atoms with van der Waals surface area (Å²) in [4.78, 5) is 40.5. The number of hydrogen-bond acceptors (Lipinski definition) is 5. The van der Waals surface area contributed by atoms with Crippen LogP contribution in [0.25, 0.3) is 23.1 Å². The number of nitrogens with zero attached hydrogens (tertiary/aromatic N) is 2. The summed E-state index contributed by atoms with van der Waals surface area (Å²) < 4.78 is 0. The molecule has 3 aromatic carbocycles. The normalized spacial score (nSPS) is 10.9. The lowest BCUT2D eigenvalue weighted by Gasteiger charge is -2.08. The van der Waals surface area contributed by atoms with Gasteiger partial charge in [0.2, 0.25) is 0 Å². The highest BCUT2D eigenvalue weighted by Gasteiger charge is 2.11. The maximum atomic E-state index is 12.7. The summed E-state index contributed by atoms with van der Waals surface area (Å²) in [5, 5.41) is 22.9. The first kappa shape index (κ1) is 24.1. The summed E-state index contributed by atoms with van der Waals surface area (Å²) in [7, 11) is 0. The number of carboxylic acids is 1. The highest BCUT2D eigenvalue weighted by Crippen LogP contribution is 2.24. The summed E-state index contributed by atoms with van der Waals surface area (Å²) in [6, 6.07) is 21.7. The van der Waals surface area contributed by atoms with E-state index in [2.05, 4.69) is 25.8 Å². The number of fused-ring (bicyclic) bond motifs is 1. The lowest BCUT2D eigenvalue weighted by Crippen LogP contribution is -2.12. The van der Waals surface area contributed by atoms with E-state index in [-0.39, 0.29) is 17.4 Å². The summed E-state index contributed by atoms with van der Waals surface area (Å²) in [5.74, 6) is -1.65. The fraction of sp³-hybridized carbons (Fsp3) is 0. The zero-order valence-corrected chi connectivity index (χ0v) is 19.9. The summed E-state index contributed by atoms with van der Waals surface area (Å²) in [6.45, 7) is 0. The van der Waals surface area contributed by atoms with E-state index in [9.17, 15) is 14.4 Å². The smallest absolute Gasteiger partial charge is 0.335 e. The van der Waals surface area contributed by atoms with Crippen LogP contribution < -0.4 is 10.6 Å². The standard InChI is InChI=1S/C29H21N5O4/c35-27(19-6-8-20(9-7-19)29(37)38)31-22-11-13-26-23(16-22)25(33-34-26)12-10-21-17-30-15-14-24(21)32-28(36)18-4-2-1-3-5-18/h1-17H,(H,31,35)(H,33,34)(H,37,38)(H,30,32,36)/b12-10+. The molecular weight excluding hydrogens is 482 g/mol. The van der Waals surface area contributed by atoms with E-state index in [1.54, 1.807) is 73.1 Å². The van der Waals surface area contributed by atoms with Gasteiger partial charge in [0.25, 0.3) is 11.8 Å². The van der Waals surface area contributed by atoms with Gasteiger partial charge in [-0.3, -0.25) is 19.7 Å². The molecule has 0 aliphatic rings. The lowest BCUT2D eigenvalue weighted by molar-refractivity contribution is 0.0696. The zero-order valence-electron chi connectivity index (χ0n) is 19.9. The van der Waals surface area contributed by atoms with Crippen LogP contribution in [-0.4, -0.2) is 38.1 Å². The first-order valence-electron chi connectivity index (χ1n) is 11.6. The highest BCUT2D eigenvalue weighted by atomic mass is 16.4. The van der Waals surface area contributed by atoms with Crippen LogP contribution in [0.4, 0.5) is 11.4 Å². The van der Waals surface area contributed by atoms with Crippen LogP contribution in [-0.2, 0) is 0 Å². The van der Waals surface area contributed by atoms with Crippen LogP contribution in [0.2, 0.25) is 0 Å². The zero-order chi connectivity index (χ0) is 26.5. The Morgan fingerprint density at radius 3 is 2.26 bits per heavy atom. The molecule has 9 nitrogen and oxygen atoms in total. The number of hydrogen-bond donors (Lipinski definition) is 4. The Hall–Kier alpha value is -5.57. The van der Waals surface area contributed by atoms with Gasteiger partial charge in [-0.25, -0.2) is 4.79 Å². The first-order valence-corrected chi connectivity index (χ1v) is 11.6. The average Bonchev–Trinajstić information content (AvgIpc) is 3.35. The molecule has 0 aliphatic heterocycles. The van der Waals surface area contributed by atoms with E-state index < -0.39 is 5.97 Å². The van der Waals surface area contributed by atoms with Crippen LogP contribution in [0.15, 0.2) is 91.3 Å². The van der Waals surface area contributed by atoms with Crippen molar-refractivity contribution in [1.29, 1.82) is 0 Å². The van der Waals surface area contributed by atoms with Gasteiger partial charge in [0.05, 0.1) is 22.5 Å². The number of aromatic carboxylic acids is 1. The molecular formula is C29H21N5O4. The van der Waals surface area contributed by atoms with Gasteiger partial charge < -0.3 is 15.7 Å². The van der Waals surface area contributed by atoms with E-state index in [0.717, 1.165) is 10.9 Å². The minimum Gasteiger partial charge on any atom is -0.478 e. The molecule has 5 rings (SSSR count). The molecule has 38 heavy (non-hydrogen) atoms. The molecule has 4 N–H and O–H groups in total. The van der Waals surface area contributed by atoms with E-state index in [4.69, 9.17) is 5.11 Å². The predicted octanol–water partition coefficient (Wildman–Crippen LogP) is 5.33. The maximum Gasteiger partial charge on any atom is 0.335 e. The Kier molecular flexibility index (Phi) is 6.73. The molecule has 0 saturated heterocycles. The number of anilines is 2. The van der Waals surface area contributed by atoms with Crippen molar-refractivity contribution < 1.29 is 19.5 Å². The molecule has 2 aromatic heterocycles. The van der Waals surface area contributed by atoms with Gasteiger partial charge >= 0.3 is 5.97 Å². The van der Waals surface area contributed by atoms with Crippen molar-refractivity contribution in [2.45, 2.75) is 0 Å². The summed E-state index contributed by atoms with van der Waals surface area (Å²) >= 11 is 0. The Labute approximate surface area is 216 Å². The number of aromatic nitrogens is 3. The number of carbonyl (C=O) groups excluding carboxylic acids is 2. The van der Waals surface area contributed by atoms with Gasteiger partial charge in [0.1, 0.15) is 0 Å². The van der Waals surface area contributed by atoms with E-state index in [1.165, 1.54) is 24.3 Å². The van der Waals surface area contributed by atoms with Crippen LogP contribution >= 0.6 is 0 Å². The predicted molar refractivity (Wildman–Crippen MR) is 145 cm³/mol. The third kappa shape index (κ3) is 5.31. The largest absolute Gasteiger partial charge is 0.478 e. The third-order valence-electron chi connectivity index (χ3n) is 5.80. The average molecular weight is 504 g/mol. The molecule has 2 amide bonds. The molecule has 0 fully saturated rings. The van der Waals surface area contributed by atoms with Crippen molar-refractivity contribution in [1.82, 2.24) is 15.2 Å². The minimum atomic E-state index is -1.06. The highest BCUT2D eigenvalue weighted by molar-refractivity contribution is 6.07. The number of carboxylic acid groups (broad SMARTS) is 1. The minimum absolute atomic E-state index is 0.106. The molecule has 9 heteroatoms. The topological polar surface area (TPSA) is 137 Å². The second kappa shape index (κ2) is 10.6. The van der Waals surface area contributed by atoms with E-state index >= 15 is 0 Å². The quantitative estimate of drug-likeness (QED) is 0.237. The molecule has 0 spiro atoms. The number of aromatic amines is 1. The fourth-order valence-corrected chi connectivity index (χ4v) is 3.81. The molecule has 186 valence electrons. The number of nitrogens with one attached hydrogen (secondary N) is 3. The van der Waals surface area contributed by atoms with E-state index in [1.807, 2.05) is 6.07 Å². The molecule has 2 heterocycles. The van der Waals surface area contributed by atoms with Gasteiger partial charge in [-0.05, 0) is 72.8 Å². The monoisotopic (exact) mass is 503 g/mol. The van der Waals surface area contributed by atoms with Gasteiger partial charge in [-0.1, -0.05) is 18.2 Å². The van der Waals surface area contributed by atoms with Crippen molar-refractivity contribution in [3.63, 3.8) is 0 Å².